The monoisotopic (exact) mass is 363 g/mol. The lowest BCUT2D eigenvalue weighted by molar-refractivity contribution is 0.0731. The zero-order chi connectivity index (χ0) is 18.8. The molecular weight excluding hydrogens is 342 g/mol. The van der Waals surface area contributed by atoms with Crippen molar-refractivity contribution in [2.75, 3.05) is 11.9 Å². The Morgan fingerprint density at radius 3 is 2.96 bits per heavy atom. The van der Waals surface area contributed by atoms with Crippen molar-refractivity contribution in [3.8, 4) is 0 Å². The number of nitrogens with zero attached hydrogens (tertiary/aromatic N) is 5. The fourth-order valence-electron chi connectivity index (χ4n) is 3.36. The molecular formula is C19H21N7O. The van der Waals surface area contributed by atoms with Crippen molar-refractivity contribution >= 4 is 11.7 Å². The number of nitrogens with one attached hydrogen (secondary N) is 2. The van der Waals surface area contributed by atoms with Gasteiger partial charge in [0, 0.05) is 42.3 Å². The number of carbonyl (C=O) groups is 1. The predicted octanol–water partition coefficient (Wildman–Crippen LogP) is 2.02. The lowest BCUT2D eigenvalue weighted by Crippen LogP contribution is -2.37. The van der Waals surface area contributed by atoms with Gasteiger partial charge < -0.3 is 10.2 Å². The van der Waals surface area contributed by atoms with Gasteiger partial charge in [-0.15, -0.1) is 0 Å². The topological polar surface area (TPSA) is 99.7 Å². The van der Waals surface area contributed by atoms with Crippen LogP contribution >= 0.6 is 0 Å². The molecule has 3 aromatic heterocycles. The number of aryl methyl sites for hydroxylation is 2. The van der Waals surface area contributed by atoms with Gasteiger partial charge in [-0.25, -0.2) is 9.97 Å². The lowest BCUT2D eigenvalue weighted by atomic mass is 10.0. The zero-order valence-electron chi connectivity index (χ0n) is 15.4. The number of rotatable bonds is 4. The Hall–Kier alpha value is -3.29. The Bertz CT molecular complexity index is 948. The second kappa shape index (κ2) is 7.14. The first-order valence-electron chi connectivity index (χ1n) is 8.90. The van der Waals surface area contributed by atoms with Crippen molar-refractivity contribution in [3.05, 3.63) is 64.6 Å². The van der Waals surface area contributed by atoms with Crippen molar-refractivity contribution in [2.24, 2.45) is 0 Å². The highest BCUT2D eigenvalue weighted by molar-refractivity contribution is 5.94. The highest BCUT2D eigenvalue weighted by atomic mass is 16.2. The summed E-state index contributed by atoms with van der Waals surface area (Å²) in [4.78, 5) is 27.3. The van der Waals surface area contributed by atoms with Gasteiger partial charge in [-0.2, -0.15) is 5.10 Å². The third-order valence-electron chi connectivity index (χ3n) is 4.92. The maximum absolute atomic E-state index is 12.7. The number of fused-ring (bicyclic) bond motifs is 1. The molecule has 3 aromatic rings. The summed E-state index contributed by atoms with van der Waals surface area (Å²) in [6, 6.07) is 3.56. The lowest BCUT2D eigenvalue weighted by Gasteiger charge is -2.29. The molecule has 1 aliphatic rings. The Kier molecular flexibility index (Phi) is 4.53. The first-order valence-corrected chi connectivity index (χ1v) is 8.90. The summed E-state index contributed by atoms with van der Waals surface area (Å²) in [5.41, 5.74) is 5.74. The number of anilines is 1. The fraction of sp³-hybridized carbons (Fsp3) is 0.316. The Balaban J connectivity index is 1.51. The molecule has 4 heterocycles. The zero-order valence-corrected chi connectivity index (χ0v) is 15.4. The average Bonchev–Trinajstić information content (AvgIpc) is 3.03. The molecule has 8 heteroatoms. The first-order chi connectivity index (χ1) is 13.1. The summed E-state index contributed by atoms with van der Waals surface area (Å²) in [5.74, 6) is 0.806. The molecule has 0 atom stereocenters. The molecule has 4 rings (SSSR count). The first kappa shape index (κ1) is 17.1. The molecule has 2 N–H and O–H groups in total. The van der Waals surface area contributed by atoms with Gasteiger partial charge in [0.25, 0.3) is 5.91 Å². The van der Waals surface area contributed by atoms with E-state index in [0.717, 1.165) is 34.0 Å². The summed E-state index contributed by atoms with van der Waals surface area (Å²) in [7, 11) is 0. The van der Waals surface area contributed by atoms with Gasteiger partial charge in [-0.1, -0.05) is 0 Å². The minimum atomic E-state index is -0.0217. The van der Waals surface area contributed by atoms with E-state index in [9.17, 15) is 4.79 Å². The van der Waals surface area contributed by atoms with Gasteiger partial charge in [0.1, 0.15) is 12.1 Å². The SMILES string of the molecule is Cc1n[nH]c(C)c1CNc1ncnc2c1CCN(C(=O)c1cccnc1)C2. The highest BCUT2D eigenvalue weighted by Crippen LogP contribution is 2.24. The molecule has 0 fully saturated rings. The van der Waals surface area contributed by atoms with E-state index in [1.165, 1.54) is 0 Å². The molecule has 1 amide bonds. The molecule has 1 aliphatic heterocycles. The number of hydrogen-bond acceptors (Lipinski definition) is 6. The molecule has 0 saturated heterocycles. The average molecular weight is 363 g/mol. The standard InChI is InChI=1S/C19H21N7O/c1-12-16(13(2)25-24-12)9-21-18-15-5-7-26(10-17(15)22-11-23-18)19(27)14-4-3-6-20-8-14/h3-4,6,8,11H,5,7,9-10H2,1-2H3,(H,24,25)(H,21,22,23). The van der Waals surface area contributed by atoms with Gasteiger partial charge in [-0.05, 0) is 32.4 Å². The Labute approximate surface area is 157 Å². The minimum absolute atomic E-state index is 0.0217. The number of pyridine rings is 1. The van der Waals surface area contributed by atoms with Crippen molar-refractivity contribution in [1.82, 2.24) is 30.0 Å². The van der Waals surface area contributed by atoms with Crippen molar-refractivity contribution in [2.45, 2.75) is 33.4 Å². The van der Waals surface area contributed by atoms with Crippen LogP contribution in [-0.2, 0) is 19.5 Å². The fourth-order valence-corrected chi connectivity index (χ4v) is 3.36. The van der Waals surface area contributed by atoms with Crippen LogP contribution in [0.4, 0.5) is 5.82 Å². The van der Waals surface area contributed by atoms with E-state index < -0.39 is 0 Å². The summed E-state index contributed by atoms with van der Waals surface area (Å²) < 4.78 is 0. The number of hydrogen-bond donors (Lipinski definition) is 2. The molecule has 0 bridgehead atoms. The molecule has 0 radical (unpaired) electrons. The predicted molar refractivity (Wildman–Crippen MR) is 100 cm³/mol. The Morgan fingerprint density at radius 1 is 1.33 bits per heavy atom. The summed E-state index contributed by atoms with van der Waals surface area (Å²) in [6.45, 7) is 5.75. The van der Waals surface area contributed by atoms with Crippen LogP contribution in [0.15, 0.2) is 30.9 Å². The number of aromatic nitrogens is 5. The van der Waals surface area contributed by atoms with Crippen LogP contribution in [0.3, 0.4) is 0 Å². The van der Waals surface area contributed by atoms with Crippen molar-refractivity contribution in [3.63, 3.8) is 0 Å². The van der Waals surface area contributed by atoms with E-state index in [2.05, 4.69) is 30.5 Å². The maximum Gasteiger partial charge on any atom is 0.255 e. The molecule has 27 heavy (non-hydrogen) atoms. The third-order valence-corrected chi connectivity index (χ3v) is 4.92. The van der Waals surface area contributed by atoms with Crippen LogP contribution in [-0.4, -0.2) is 42.5 Å². The van der Waals surface area contributed by atoms with E-state index in [1.807, 2.05) is 13.8 Å². The van der Waals surface area contributed by atoms with Crippen LogP contribution < -0.4 is 5.32 Å². The molecule has 8 nitrogen and oxygen atoms in total. The number of amides is 1. The second-order valence-corrected chi connectivity index (χ2v) is 6.63. The maximum atomic E-state index is 12.7. The van der Waals surface area contributed by atoms with Gasteiger partial charge >= 0.3 is 0 Å². The second-order valence-electron chi connectivity index (χ2n) is 6.63. The van der Waals surface area contributed by atoms with Crippen LogP contribution in [0.25, 0.3) is 0 Å². The summed E-state index contributed by atoms with van der Waals surface area (Å²) in [6.07, 6.45) is 5.53. The molecule has 0 aromatic carbocycles. The van der Waals surface area contributed by atoms with E-state index >= 15 is 0 Å². The van der Waals surface area contributed by atoms with E-state index in [1.54, 1.807) is 35.8 Å². The molecule has 0 aliphatic carbocycles. The van der Waals surface area contributed by atoms with Gasteiger partial charge in [0.2, 0.25) is 0 Å². The van der Waals surface area contributed by atoms with Crippen LogP contribution in [0.5, 0.6) is 0 Å². The molecule has 0 unspecified atom stereocenters. The Morgan fingerprint density at radius 2 is 2.22 bits per heavy atom. The quantitative estimate of drug-likeness (QED) is 0.736. The van der Waals surface area contributed by atoms with Crippen molar-refractivity contribution in [1.29, 1.82) is 0 Å². The number of aromatic amines is 1. The minimum Gasteiger partial charge on any atom is -0.366 e. The number of carbonyl (C=O) groups excluding carboxylic acids is 1. The summed E-state index contributed by atoms with van der Waals surface area (Å²) in [5, 5.41) is 10.6. The van der Waals surface area contributed by atoms with Gasteiger partial charge in [0.15, 0.2) is 0 Å². The smallest absolute Gasteiger partial charge is 0.255 e. The normalized spacial score (nSPS) is 13.3. The third kappa shape index (κ3) is 3.38. The number of H-pyrrole nitrogens is 1. The molecule has 0 saturated carbocycles. The van der Waals surface area contributed by atoms with Crippen LogP contribution in [0.1, 0.15) is 38.6 Å². The van der Waals surface area contributed by atoms with E-state index in [-0.39, 0.29) is 5.91 Å². The largest absolute Gasteiger partial charge is 0.366 e. The van der Waals surface area contributed by atoms with Gasteiger partial charge in [-0.3, -0.25) is 14.9 Å². The summed E-state index contributed by atoms with van der Waals surface area (Å²) >= 11 is 0. The van der Waals surface area contributed by atoms with E-state index in [4.69, 9.17) is 0 Å². The highest BCUT2D eigenvalue weighted by Gasteiger charge is 2.25. The van der Waals surface area contributed by atoms with E-state index in [0.29, 0.717) is 31.6 Å². The molecule has 138 valence electrons. The van der Waals surface area contributed by atoms with Gasteiger partial charge in [0.05, 0.1) is 23.5 Å². The van der Waals surface area contributed by atoms with Crippen LogP contribution in [0, 0.1) is 13.8 Å². The van der Waals surface area contributed by atoms with Crippen LogP contribution in [0.2, 0.25) is 0 Å². The molecule has 0 spiro atoms. The van der Waals surface area contributed by atoms with Crippen molar-refractivity contribution < 1.29 is 4.79 Å².